The fourth-order valence-corrected chi connectivity index (χ4v) is 2.55. The Labute approximate surface area is 170 Å². The van der Waals surface area contributed by atoms with Crippen LogP contribution >= 0.6 is 0 Å². The molecule has 0 saturated heterocycles. The standard InChI is InChI=1S/C20H26N6O3/c1-3-25(15-20(29)26(12-4-10-21)13-5-11-22)14-19(28)24-18-8-6-17(7-9-18)23-16(2)27/h6-9H,3-5,12-15H2,1-2H3,(H,23,27)(H,24,28). The molecular formula is C20H26N6O3. The number of amides is 3. The highest BCUT2D eigenvalue weighted by molar-refractivity contribution is 5.93. The van der Waals surface area contributed by atoms with Crippen LogP contribution in [-0.4, -0.2) is 60.2 Å². The van der Waals surface area contributed by atoms with Crippen molar-refractivity contribution >= 4 is 29.1 Å². The smallest absolute Gasteiger partial charge is 0.238 e. The van der Waals surface area contributed by atoms with Crippen molar-refractivity contribution in [3.8, 4) is 12.1 Å². The summed E-state index contributed by atoms with van der Waals surface area (Å²) in [4.78, 5) is 39.0. The van der Waals surface area contributed by atoms with E-state index in [9.17, 15) is 14.4 Å². The molecule has 0 fully saturated rings. The van der Waals surface area contributed by atoms with Crippen LogP contribution in [0.1, 0.15) is 26.7 Å². The summed E-state index contributed by atoms with van der Waals surface area (Å²) in [6.45, 7) is 4.34. The van der Waals surface area contributed by atoms with Crippen molar-refractivity contribution in [2.45, 2.75) is 26.7 Å². The van der Waals surface area contributed by atoms with Crippen molar-refractivity contribution in [1.29, 1.82) is 10.5 Å². The zero-order valence-corrected chi connectivity index (χ0v) is 16.8. The molecule has 1 rings (SSSR count). The van der Waals surface area contributed by atoms with Crippen LogP contribution in [0.4, 0.5) is 11.4 Å². The molecule has 3 amide bonds. The van der Waals surface area contributed by atoms with E-state index in [1.807, 2.05) is 19.1 Å². The van der Waals surface area contributed by atoms with Gasteiger partial charge in [-0.2, -0.15) is 10.5 Å². The molecule has 1 aromatic rings. The summed E-state index contributed by atoms with van der Waals surface area (Å²) in [5.74, 6) is -0.666. The Morgan fingerprint density at radius 2 is 1.45 bits per heavy atom. The van der Waals surface area contributed by atoms with Crippen LogP contribution in [0, 0.1) is 22.7 Å². The van der Waals surface area contributed by atoms with Crippen LogP contribution in [-0.2, 0) is 14.4 Å². The molecule has 9 nitrogen and oxygen atoms in total. The molecule has 2 N–H and O–H groups in total. The topological polar surface area (TPSA) is 129 Å². The Kier molecular flexibility index (Phi) is 10.5. The van der Waals surface area contributed by atoms with E-state index in [1.165, 1.54) is 11.8 Å². The van der Waals surface area contributed by atoms with Crippen LogP contribution in [0.2, 0.25) is 0 Å². The Balaban J connectivity index is 2.60. The lowest BCUT2D eigenvalue weighted by atomic mass is 10.2. The van der Waals surface area contributed by atoms with Gasteiger partial charge >= 0.3 is 0 Å². The first-order valence-corrected chi connectivity index (χ1v) is 9.31. The average Bonchev–Trinajstić information content (AvgIpc) is 2.68. The van der Waals surface area contributed by atoms with Gasteiger partial charge in [0.15, 0.2) is 0 Å². The molecule has 0 aliphatic rings. The van der Waals surface area contributed by atoms with Crippen molar-refractivity contribution in [3.05, 3.63) is 24.3 Å². The Bertz CT molecular complexity index is 761. The number of benzene rings is 1. The molecular weight excluding hydrogens is 372 g/mol. The molecule has 29 heavy (non-hydrogen) atoms. The largest absolute Gasteiger partial charge is 0.340 e. The number of likely N-dealkylation sites (N-methyl/N-ethyl adjacent to an activating group) is 1. The van der Waals surface area contributed by atoms with Crippen molar-refractivity contribution in [2.75, 3.05) is 43.4 Å². The van der Waals surface area contributed by atoms with Gasteiger partial charge in [-0.15, -0.1) is 0 Å². The molecule has 0 aliphatic heterocycles. The number of hydrogen-bond donors (Lipinski definition) is 2. The number of nitrogens with zero attached hydrogens (tertiary/aromatic N) is 4. The molecule has 0 unspecified atom stereocenters. The summed E-state index contributed by atoms with van der Waals surface area (Å²) >= 11 is 0. The van der Waals surface area contributed by atoms with E-state index in [1.54, 1.807) is 29.2 Å². The van der Waals surface area contributed by atoms with E-state index < -0.39 is 0 Å². The van der Waals surface area contributed by atoms with E-state index in [4.69, 9.17) is 10.5 Å². The van der Waals surface area contributed by atoms with E-state index >= 15 is 0 Å². The van der Waals surface area contributed by atoms with Gasteiger partial charge in [0, 0.05) is 31.4 Å². The van der Waals surface area contributed by atoms with E-state index in [2.05, 4.69) is 10.6 Å². The van der Waals surface area contributed by atoms with Gasteiger partial charge in [-0.05, 0) is 30.8 Å². The number of nitrogens with one attached hydrogen (secondary N) is 2. The maximum atomic E-state index is 12.5. The van der Waals surface area contributed by atoms with E-state index in [0.717, 1.165) is 0 Å². The predicted octanol–water partition coefficient (Wildman–Crippen LogP) is 1.56. The SMILES string of the molecule is CCN(CC(=O)Nc1ccc(NC(C)=O)cc1)CC(=O)N(CCC#N)CCC#N. The summed E-state index contributed by atoms with van der Waals surface area (Å²) in [5.41, 5.74) is 1.21. The van der Waals surface area contributed by atoms with Gasteiger partial charge in [0.05, 0.1) is 38.1 Å². The molecule has 0 aliphatic carbocycles. The number of carbonyl (C=O) groups is 3. The summed E-state index contributed by atoms with van der Waals surface area (Å²) < 4.78 is 0. The lowest BCUT2D eigenvalue weighted by Gasteiger charge is -2.25. The minimum atomic E-state index is -0.271. The minimum absolute atomic E-state index is 0.0278. The molecule has 9 heteroatoms. The van der Waals surface area contributed by atoms with Crippen LogP contribution in [0.25, 0.3) is 0 Å². The second kappa shape index (κ2) is 12.9. The van der Waals surface area contributed by atoms with Crippen molar-refractivity contribution in [2.24, 2.45) is 0 Å². The summed E-state index contributed by atoms with van der Waals surface area (Å²) in [5, 5.41) is 22.9. The normalized spacial score (nSPS) is 9.97. The number of carbonyl (C=O) groups excluding carboxylic acids is 3. The Morgan fingerprint density at radius 1 is 0.931 bits per heavy atom. The summed E-state index contributed by atoms with van der Waals surface area (Å²) in [6.07, 6.45) is 0.385. The molecule has 0 heterocycles. The predicted molar refractivity (Wildman–Crippen MR) is 109 cm³/mol. The second-order valence-corrected chi connectivity index (χ2v) is 6.31. The first kappa shape index (κ1) is 23.6. The van der Waals surface area contributed by atoms with Crippen LogP contribution in [0.15, 0.2) is 24.3 Å². The molecule has 0 spiro atoms. The number of rotatable bonds is 11. The number of nitriles is 2. The number of anilines is 2. The molecule has 0 radical (unpaired) electrons. The van der Waals surface area contributed by atoms with Gasteiger partial charge in [-0.25, -0.2) is 0 Å². The van der Waals surface area contributed by atoms with Gasteiger partial charge in [-0.3, -0.25) is 19.3 Å². The summed E-state index contributed by atoms with van der Waals surface area (Å²) in [7, 11) is 0. The maximum absolute atomic E-state index is 12.5. The third-order valence-corrected chi connectivity index (χ3v) is 4.00. The number of hydrogen-bond acceptors (Lipinski definition) is 6. The zero-order chi connectivity index (χ0) is 21.6. The third kappa shape index (κ3) is 9.36. The minimum Gasteiger partial charge on any atom is -0.340 e. The highest BCUT2D eigenvalue weighted by atomic mass is 16.2. The first-order chi connectivity index (χ1) is 13.9. The van der Waals surface area contributed by atoms with Crippen molar-refractivity contribution in [3.63, 3.8) is 0 Å². The monoisotopic (exact) mass is 398 g/mol. The Hall–Kier alpha value is -3.43. The molecule has 0 aromatic heterocycles. The van der Waals surface area contributed by atoms with E-state index in [-0.39, 0.29) is 56.7 Å². The Morgan fingerprint density at radius 3 is 1.90 bits per heavy atom. The molecule has 1 aromatic carbocycles. The van der Waals surface area contributed by atoms with E-state index in [0.29, 0.717) is 17.9 Å². The quantitative estimate of drug-likeness (QED) is 0.582. The molecule has 0 atom stereocenters. The second-order valence-electron chi connectivity index (χ2n) is 6.31. The van der Waals surface area contributed by atoms with Crippen LogP contribution in [0.5, 0.6) is 0 Å². The lowest BCUT2D eigenvalue weighted by molar-refractivity contribution is -0.132. The maximum Gasteiger partial charge on any atom is 0.238 e. The summed E-state index contributed by atoms with van der Waals surface area (Å²) in [6, 6.07) is 10.7. The lowest BCUT2D eigenvalue weighted by Crippen LogP contribution is -2.43. The highest BCUT2D eigenvalue weighted by Crippen LogP contribution is 2.13. The van der Waals surface area contributed by atoms with Gasteiger partial charge in [0.2, 0.25) is 17.7 Å². The third-order valence-electron chi connectivity index (χ3n) is 4.00. The highest BCUT2D eigenvalue weighted by Gasteiger charge is 2.18. The van der Waals surface area contributed by atoms with Gasteiger partial charge in [0.1, 0.15) is 0 Å². The fraction of sp³-hybridized carbons (Fsp3) is 0.450. The average molecular weight is 398 g/mol. The first-order valence-electron chi connectivity index (χ1n) is 9.31. The molecule has 154 valence electrons. The van der Waals surface area contributed by atoms with Gasteiger partial charge < -0.3 is 15.5 Å². The van der Waals surface area contributed by atoms with Crippen LogP contribution in [0.3, 0.4) is 0 Å². The zero-order valence-electron chi connectivity index (χ0n) is 16.8. The van der Waals surface area contributed by atoms with Crippen molar-refractivity contribution in [1.82, 2.24) is 9.80 Å². The van der Waals surface area contributed by atoms with Crippen molar-refractivity contribution < 1.29 is 14.4 Å². The molecule has 0 bridgehead atoms. The van der Waals surface area contributed by atoms with Gasteiger partial charge in [-0.1, -0.05) is 6.92 Å². The van der Waals surface area contributed by atoms with Crippen LogP contribution < -0.4 is 10.6 Å². The molecule has 0 saturated carbocycles. The van der Waals surface area contributed by atoms with Gasteiger partial charge in [0.25, 0.3) is 0 Å². The fourth-order valence-electron chi connectivity index (χ4n) is 2.55.